The topological polar surface area (TPSA) is 35.5 Å². The fraction of sp³-hybridized carbons (Fsp3) is 0.300. The van der Waals surface area contributed by atoms with E-state index in [9.17, 15) is 4.79 Å². The maximum Gasteiger partial charge on any atom is 0.513 e. The SMILES string of the molecule is COC(=O)Oc1cc(C)ccc1C. The molecule has 0 fully saturated rings. The Morgan fingerprint density at radius 3 is 2.62 bits per heavy atom. The molecule has 0 heterocycles. The van der Waals surface area contributed by atoms with Crippen LogP contribution in [-0.4, -0.2) is 13.3 Å². The van der Waals surface area contributed by atoms with E-state index < -0.39 is 6.16 Å². The maximum atomic E-state index is 10.8. The molecule has 1 aromatic rings. The molecule has 0 radical (unpaired) electrons. The number of hydrogen-bond donors (Lipinski definition) is 0. The Kier molecular flexibility index (Phi) is 2.90. The third-order valence-electron chi connectivity index (χ3n) is 1.70. The van der Waals surface area contributed by atoms with E-state index in [0.29, 0.717) is 5.75 Å². The molecule has 0 saturated carbocycles. The van der Waals surface area contributed by atoms with Crippen molar-refractivity contribution in [2.45, 2.75) is 13.8 Å². The van der Waals surface area contributed by atoms with Crippen molar-refractivity contribution in [2.75, 3.05) is 7.11 Å². The van der Waals surface area contributed by atoms with E-state index in [1.807, 2.05) is 26.0 Å². The van der Waals surface area contributed by atoms with Gasteiger partial charge in [0.05, 0.1) is 7.11 Å². The summed E-state index contributed by atoms with van der Waals surface area (Å²) in [5, 5.41) is 0. The number of carbonyl (C=O) groups excluding carboxylic acids is 1. The first-order valence-electron chi connectivity index (χ1n) is 3.96. The van der Waals surface area contributed by atoms with Gasteiger partial charge >= 0.3 is 6.16 Å². The lowest BCUT2D eigenvalue weighted by atomic mass is 10.1. The van der Waals surface area contributed by atoms with E-state index in [-0.39, 0.29) is 0 Å². The van der Waals surface area contributed by atoms with E-state index in [1.54, 1.807) is 6.07 Å². The Bertz CT molecular complexity index is 318. The molecule has 0 atom stereocenters. The summed E-state index contributed by atoms with van der Waals surface area (Å²) in [4.78, 5) is 10.8. The lowest BCUT2D eigenvalue weighted by molar-refractivity contribution is 0.121. The van der Waals surface area contributed by atoms with Gasteiger partial charge in [-0.15, -0.1) is 0 Å². The molecule has 1 rings (SSSR count). The molecule has 0 aliphatic rings. The van der Waals surface area contributed by atoms with Gasteiger partial charge in [0.2, 0.25) is 0 Å². The number of rotatable bonds is 1. The van der Waals surface area contributed by atoms with Gasteiger partial charge in [0.25, 0.3) is 0 Å². The van der Waals surface area contributed by atoms with E-state index in [1.165, 1.54) is 7.11 Å². The van der Waals surface area contributed by atoms with Crippen molar-refractivity contribution in [1.82, 2.24) is 0 Å². The smallest absolute Gasteiger partial charge is 0.437 e. The van der Waals surface area contributed by atoms with Gasteiger partial charge in [0.15, 0.2) is 0 Å². The first-order chi connectivity index (χ1) is 6.13. The van der Waals surface area contributed by atoms with Crippen LogP contribution in [0.1, 0.15) is 11.1 Å². The highest BCUT2D eigenvalue weighted by atomic mass is 16.7. The molecule has 0 spiro atoms. The molecule has 0 N–H and O–H groups in total. The van der Waals surface area contributed by atoms with E-state index >= 15 is 0 Å². The number of ether oxygens (including phenoxy) is 2. The molecule has 1 aromatic carbocycles. The quantitative estimate of drug-likeness (QED) is 0.492. The number of benzene rings is 1. The van der Waals surface area contributed by atoms with Crippen LogP contribution in [0.4, 0.5) is 4.79 Å². The summed E-state index contributed by atoms with van der Waals surface area (Å²) in [6.07, 6.45) is -0.686. The highest BCUT2D eigenvalue weighted by Crippen LogP contribution is 2.19. The van der Waals surface area contributed by atoms with E-state index in [4.69, 9.17) is 4.74 Å². The van der Waals surface area contributed by atoms with Crippen molar-refractivity contribution in [3.63, 3.8) is 0 Å². The molecule has 13 heavy (non-hydrogen) atoms. The van der Waals surface area contributed by atoms with Crippen LogP contribution < -0.4 is 4.74 Å². The van der Waals surface area contributed by atoms with E-state index in [2.05, 4.69) is 4.74 Å². The molecule has 0 bridgehead atoms. The predicted octanol–water partition coefficient (Wildman–Crippen LogP) is 2.45. The Morgan fingerprint density at radius 1 is 1.31 bits per heavy atom. The summed E-state index contributed by atoms with van der Waals surface area (Å²) >= 11 is 0. The molecule has 3 nitrogen and oxygen atoms in total. The summed E-state index contributed by atoms with van der Waals surface area (Å²) in [7, 11) is 1.29. The summed E-state index contributed by atoms with van der Waals surface area (Å²) in [6, 6.07) is 5.65. The van der Waals surface area contributed by atoms with Crippen LogP contribution in [0, 0.1) is 13.8 Å². The van der Waals surface area contributed by atoms with Crippen LogP contribution in [0.2, 0.25) is 0 Å². The predicted molar refractivity (Wildman–Crippen MR) is 48.9 cm³/mol. The summed E-state index contributed by atoms with van der Waals surface area (Å²) in [6.45, 7) is 3.81. The summed E-state index contributed by atoms with van der Waals surface area (Å²) in [5.41, 5.74) is 1.96. The number of methoxy groups -OCH3 is 1. The summed E-state index contributed by atoms with van der Waals surface area (Å²) < 4.78 is 9.30. The zero-order valence-electron chi connectivity index (χ0n) is 7.96. The Hall–Kier alpha value is -1.51. The maximum absolute atomic E-state index is 10.8. The number of hydrogen-bond acceptors (Lipinski definition) is 3. The molecule has 0 saturated heterocycles. The van der Waals surface area contributed by atoms with Gasteiger partial charge in [-0.3, -0.25) is 0 Å². The fourth-order valence-electron chi connectivity index (χ4n) is 0.949. The molecular formula is C10H12O3. The minimum Gasteiger partial charge on any atom is -0.437 e. The van der Waals surface area contributed by atoms with Gasteiger partial charge in [-0.2, -0.15) is 0 Å². The Balaban J connectivity index is 2.87. The average molecular weight is 180 g/mol. The third kappa shape index (κ3) is 2.47. The van der Waals surface area contributed by atoms with Crippen molar-refractivity contribution < 1.29 is 14.3 Å². The molecule has 0 unspecified atom stereocenters. The lowest BCUT2D eigenvalue weighted by Gasteiger charge is -2.06. The second-order valence-corrected chi connectivity index (χ2v) is 2.83. The highest BCUT2D eigenvalue weighted by molar-refractivity contribution is 5.64. The molecular weight excluding hydrogens is 168 g/mol. The second-order valence-electron chi connectivity index (χ2n) is 2.83. The van der Waals surface area contributed by atoms with Gasteiger partial charge in [0, 0.05) is 0 Å². The monoisotopic (exact) mass is 180 g/mol. The zero-order valence-corrected chi connectivity index (χ0v) is 7.96. The molecule has 0 aromatic heterocycles. The first kappa shape index (κ1) is 9.58. The lowest BCUT2D eigenvalue weighted by Crippen LogP contribution is -2.08. The minimum atomic E-state index is -0.686. The molecule has 3 heteroatoms. The Labute approximate surface area is 77.3 Å². The van der Waals surface area contributed by atoms with Crippen LogP contribution in [-0.2, 0) is 4.74 Å². The van der Waals surface area contributed by atoms with Crippen LogP contribution in [0.15, 0.2) is 18.2 Å². The van der Waals surface area contributed by atoms with Crippen LogP contribution >= 0.6 is 0 Å². The zero-order chi connectivity index (χ0) is 9.84. The van der Waals surface area contributed by atoms with Gasteiger partial charge in [-0.05, 0) is 31.0 Å². The van der Waals surface area contributed by atoms with Crippen molar-refractivity contribution >= 4 is 6.16 Å². The standard InChI is InChI=1S/C10H12O3/c1-7-4-5-8(2)9(6-7)13-10(11)12-3/h4-6H,1-3H3. The second kappa shape index (κ2) is 3.94. The highest BCUT2D eigenvalue weighted by Gasteiger charge is 2.05. The van der Waals surface area contributed by atoms with Crippen molar-refractivity contribution in [2.24, 2.45) is 0 Å². The summed E-state index contributed by atoms with van der Waals surface area (Å²) in [5.74, 6) is 0.548. The van der Waals surface area contributed by atoms with Crippen LogP contribution in [0.3, 0.4) is 0 Å². The molecule has 0 amide bonds. The van der Waals surface area contributed by atoms with Gasteiger partial charge < -0.3 is 9.47 Å². The molecule has 0 aliphatic carbocycles. The molecule has 70 valence electrons. The number of carbonyl (C=O) groups is 1. The number of aryl methyl sites for hydroxylation is 2. The fourth-order valence-corrected chi connectivity index (χ4v) is 0.949. The largest absolute Gasteiger partial charge is 0.513 e. The molecule has 0 aliphatic heterocycles. The average Bonchev–Trinajstić information content (AvgIpc) is 2.11. The van der Waals surface area contributed by atoms with Gasteiger partial charge in [0.1, 0.15) is 5.75 Å². The third-order valence-corrected chi connectivity index (χ3v) is 1.70. The normalized spacial score (nSPS) is 9.46. The van der Waals surface area contributed by atoms with Crippen LogP contribution in [0.25, 0.3) is 0 Å². The van der Waals surface area contributed by atoms with Crippen molar-refractivity contribution in [3.05, 3.63) is 29.3 Å². The Morgan fingerprint density at radius 2 is 2.00 bits per heavy atom. The minimum absolute atomic E-state index is 0.548. The van der Waals surface area contributed by atoms with Gasteiger partial charge in [-0.1, -0.05) is 12.1 Å². The van der Waals surface area contributed by atoms with Crippen molar-refractivity contribution in [3.8, 4) is 5.75 Å². The van der Waals surface area contributed by atoms with Gasteiger partial charge in [-0.25, -0.2) is 4.79 Å². The van der Waals surface area contributed by atoms with E-state index in [0.717, 1.165) is 11.1 Å². The van der Waals surface area contributed by atoms with Crippen LogP contribution in [0.5, 0.6) is 5.75 Å². The first-order valence-corrected chi connectivity index (χ1v) is 3.96. The van der Waals surface area contributed by atoms with Crippen molar-refractivity contribution in [1.29, 1.82) is 0 Å².